The highest BCUT2D eigenvalue weighted by molar-refractivity contribution is 5.91. The zero-order chi connectivity index (χ0) is 21.5. The first kappa shape index (κ1) is 22.5. The average molecular weight is 421 g/mol. The lowest BCUT2D eigenvalue weighted by Gasteiger charge is -2.41. The van der Waals surface area contributed by atoms with Crippen LogP contribution in [0.25, 0.3) is 0 Å². The molecule has 3 aliphatic rings. The molecule has 0 aromatic rings. The number of hydrogen-bond acceptors (Lipinski definition) is 5. The Morgan fingerprint density at radius 1 is 1.17 bits per heavy atom. The third kappa shape index (κ3) is 5.71. The van der Waals surface area contributed by atoms with E-state index < -0.39 is 12.1 Å². The molecule has 9 heteroatoms. The number of guanidine groups is 1. The molecule has 3 rings (SSSR count). The number of nitrogens with two attached hydrogens (primary N) is 2. The predicted molar refractivity (Wildman–Crippen MR) is 114 cm³/mol. The second-order valence-electron chi connectivity index (χ2n) is 8.89. The summed E-state index contributed by atoms with van der Waals surface area (Å²) in [4.78, 5) is 43.0. The van der Waals surface area contributed by atoms with Crippen LogP contribution in [0.15, 0.2) is 4.99 Å². The topological polar surface area (TPSA) is 143 Å². The Morgan fingerprint density at radius 2 is 1.93 bits per heavy atom. The second-order valence-corrected chi connectivity index (χ2v) is 8.89. The average Bonchev–Trinajstić information content (AvgIpc) is 3.24. The number of carbonyl (C=O) groups excluding carboxylic acids is 3. The number of piperidine rings is 1. The maximum absolute atomic E-state index is 13.2. The molecule has 0 aromatic carbocycles. The standard InChI is InChI=1S/C21H36N6O3/c22-21(23)24-9-3-7-16(13-28)26-19(29)18-8-4-10-27(18)20(30)17-11-14-5-1-2-6-15(14)12-25-17/h13-18,25H,1-12H2,(H,26,29)(H4,22,23,24)/t14-,15+,16+,17-,18+/m1/s1. The Labute approximate surface area is 178 Å². The van der Waals surface area contributed by atoms with E-state index >= 15 is 0 Å². The molecule has 168 valence electrons. The van der Waals surface area contributed by atoms with Gasteiger partial charge in [0.1, 0.15) is 12.3 Å². The van der Waals surface area contributed by atoms with Crippen LogP contribution in [0.1, 0.15) is 57.8 Å². The lowest BCUT2D eigenvalue weighted by molar-refractivity contribution is -0.141. The van der Waals surface area contributed by atoms with Crippen molar-refractivity contribution in [2.75, 3.05) is 19.6 Å². The molecule has 2 heterocycles. The van der Waals surface area contributed by atoms with Crippen LogP contribution in [-0.4, -0.2) is 66.7 Å². The summed E-state index contributed by atoms with van der Waals surface area (Å²) in [7, 11) is 0. The number of rotatable bonds is 8. The monoisotopic (exact) mass is 420 g/mol. The van der Waals surface area contributed by atoms with Gasteiger partial charge in [0, 0.05) is 13.1 Å². The third-order valence-corrected chi connectivity index (χ3v) is 6.83. The van der Waals surface area contributed by atoms with Crippen molar-refractivity contribution in [3.63, 3.8) is 0 Å². The summed E-state index contributed by atoms with van der Waals surface area (Å²) in [6.07, 6.45) is 9.10. The second kappa shape index (κ2) is 10.7. The minimum absolute atomic E-state index is 0.0117. The summed E-state index contributed by atoms with van der Waals surface area (Å²) < 4.78 is 0. The van der Waals surface area contributed by atoms with Crippen molar-refractivity contribution in [2.45, 2.75) is 75.9 Å². The molecule has 5 atom stereocenters. The van der Waals surface area contributed by atoms with Crippen LogP contribution in [-0.2, 0) is 14.4 Å². The molecule has 6 N–H and O–H groups in total. The maximum Gasteiger partial charge on any atom is 0.243 e. The largest absolute Gasteiger partial charge is 0.370 e. The minimum Gasteiger partial charge on any atom is -0.370 e. The number of likely N-dealkylation sites (tertiary alicyclic amines) is 1. The Kier molecular flexibility index (Phi) is 8.07. The zero-order valence-electron chi connectivity index (χ0n) is 17.7. The smallest absolute Gasteiger partial charge is 0.243 e. The van der Waals surface area contributed by atoms with Crippen LogP contribution in [0.5, 0.6) is 0 Å². The first-order chi connectivity index (χ1) is 14.5. The summed E-state index contributed by atoms with van der Waals surface area (Å²) in [5.74, 6) is 1.11. The van der Waals surface area contributed by atoms with Crippen LogP contribution in [0.3, 0.4) is 0 Å². The van der Waals surface area contributed by atoms with E-state index in [0.717, 1.165) is 25.7 Å². The van der Waals surface area contributed by atoms with Gasteiger partial charge in [-0.15, -0.1) is 0 Å². The van der Waals surface area contributed by atoms with E-state index in [2.05, 4.69) is 15.6 Å². The zero-order valence-corrected chi connectivity index (χ0v) is 17.7. The molecule has 0 radical (unpaired) electrons. The number of carbonyl (C=O) groups is 3. The van der Waals surface area contributed by atoms with E-state index in [9.17, 15) is 14.4 Å². The highest BCUT2D eigenvalue weighted by atomic mass is 16.2. The van der Waals surface area contributed by atoms with Gasteiger partial charge in [-0.1, -0.05) is 19.3 Å². The van der Waals surface area contributed by atoms with Crippen molar-refractivity contribution in [1.82, 2.24) is 15.5 Å². The summed E-state index contributed by atoms with van der Waals surface area (Å²) in [5, 5.41) is 6.24. The van der Waals surface area contributed by atoms with E-state index in [1.807, 2.05) is 0 Å². The molecule has 0 bridgehead atoms. The van der Waals surface area contributed by atoms with Gasteiger partial charge in [0.15, 0.2) is 5.96 Å². The first-order valence-corrected chi connectivity index (χ1v) is 11.3. The number of aldehydes is 1. The quantitative estimate of drug-likeness (QED) is 0.187. The van der Waals surface area contributed by atoms with Gasteiger partial charge in [0.25, 0.3) is 0 Å². The third-order valence-electron chi connectivity index (χ3n) is 6.83. The SMILES string of the molecule is NC(N)=NCCC[C@@H](C=O)NC(=O)[C@@H]1CCCN1C(=O)[C@H]1C[C@H]2CCCC[C@H]2CN1. The van der Waals surface area contributed by atoms with Gasteiger partial charge in [-0.2, -0.15) is 0 Å². The molecule has 0 unspecified atom stereocenters. The van der Waals surface area contributed by atoms with Gasteiger partial charge in [0.05, 0.1) is 12.1 Å². The van der Waals surface area contributed by atoms with Crippen LogP contribution in [0.2, 0.25) is 0 Å². The molecule has 0 spiro atoms. The Hall–Kier alpha value is -2.16. The number of fused-ring (bicyclic) bond motifs is 1. The fraction of sp³-hybridized carbons (Fsp3) is 0.810. The molecule has 2 amide bonds. The molecule has 1 aliphatic carbocycles. The molecular weight excluding hydrogens is 384 g/mol. The molecule has 3 fully saturated rings. The van der Waals surface area contributed by atoms with Crippen LogP contribution >= 0.6 is 0 Å². The molecular formula is C21H36N6O3. The van der Waals surface area contributed by atoms with Crippen molar-refractivity contribution >= 4 is 24.1 Å². The van der Waals surface area contributed by atoms with Gasteiger partial charge in [-0.05, 0) is 56.9 Å². The predicted octanol–water partition coefficient (Wildman–Crippen LogP) is -0.117. The number of nitrogens with one attached hydrogen (secondary N) is 2. The van der Waals surface area contributed by atoms with Gasteiger partial charge < -0.3 is 31.8 Å². The van der Waals surface area contributed by atoms with Crippen LogP contribution in [0.4, 0.5) is 0 Å². The van der Waals surface area contributed by atoms with Crippen LogP contribution in [0, 0.1) is 11.8 Å². The van der Waals surface area contributed by atoms with E-state index in [1.54, 1.807) is 4.90 Å². The minimum atomic E-state index is -0.597. The highest BCUT2D eigenvalue weighted by Gasteiger charge is 2.41. The van der Waals surface area contributed by atoms with Gasteiger partial charge in [-0.3, -0.25) is 14.6 Å². The molecule has 0 aromatic heterocycles. The molecule has 2 aliphatic heterocycles. The summed E-state index contributed by atoms with van der Waals surface area (Å²) >= 11 is 0. The van der Waals surface area contributed by atoms with Crippen LogP contribution < -0.4 is 22.1 Å². The Morgan fingerprint density at radius 3 is 2.67 bits per heavy atom. The van der Waals surface area contributed by atoms with Gasteiger partial charge in [-0.25, -0.2) is 0 Å². The van der Waals surface area contributed by atoms with E-state index in [0.29, 0.717) is 44.2 Å². The number of hydrogen-bond donors (Lipinski definition) is 4. The van der Waals surface area contributed by atoms with Gasteiger partial charge >= 0.3 is 0 Å². The van der Waals surface area contributed by atoms with Crippen molar-refractivity contribution in [3.05, 3.63) is 0 Å². The Bertz CT molecular complexity index is 651. The molecule has 9 nitrogen and oxygen atoms in total. The first-order valence-electron chi connectivity index (χ1n) is 11.3. The number of nitrogens with zero attached hydrogens (tertiary/aromatic N) is 2. The molecule has 30 heavy (non-hydrogen) atoms. The highest BCUT2D eigenvalue weighted by Crippen LogP contribution is 2.36. The maximum atomic E-state index is 13.2. The normalized spacial score (nSPS) is 29.5. The number of amides is 2. The van der Waals surface area contributed by atoms with Crippen molar-refractivity contribution in [1.29, 1.82) is 0 Å². The fourth-order valence-corrected chi connectivity index (χ4v) is 5.21. The van der Waals surface area contributed by atoms with Crippen molar-refractivity contribution < 1.29 is 14.4 Å². The summed E-state index contributed by atoms with van der Waals surface area (Å²) in [5.41, 5.74) is 10.6. The number of aliphatic imine (C=N–C) groups is 1. The van der Waals surface area contributed by atoms with Crippen molar-refractivity contribution in [3.8, 4) is 0 Å². The molecule has 1 saturated carbocycles. The van der Waals surface area contributed by atoms with E-state index in [-0.39, 0.29) is 23.8 Å². The summed E-state index contributed by atoms with van der Waals surface area (Å²) in [6, 6.07) is -1.29. The Balaban J connectivity index is 1.52. The van der Waals surface area contributed by atoms with E-state index in [4.69, 9.17) is 11.5 Å². The fourth-order valence-electron chi connectivity index (χ4n) is 5.21. The van der Waals surface area contributed by atoms with Crippen molar-refractivity contribution in [2.24, 2.45) is 28.3 Å². The summed E-state index contributed by atoms with van der Waals surface area (Å²) in [6.45, 7) is 1.90. The van der Waals surface area contributed by atoms with Gasteiger partial charge in [0.2, 0.25) is 11.8 Å². The lowest BCUT2D eigenvalue weighted by Crippen LogP contribution is -2.57. The lowest BCUT2D eigenvalue weighted by atomic mass is 9.73. The van der Waals surface area contributed by atoms with E-state index in [1.165, 1.54) is 25.7 Å². The molecule has 2 saturated heterocycles.